The van der Waals surface area contributed by atoms with Gasteiger partial charge in [-0.25, -0.2) is 9.67 Å². The Bertz CT molecular complexity index is 630. The summed E-state index contributed by atoms with van der Waals surface area (Å²) in [6.07, 6.45) is 9.91. The summed E-state index contributed by atoms with van der Waals surface area (Å²) in [5.74, 6) is 0.751. The lowest BCUT2D eigenvalue weighted by atomic mass is 9.89. The van der Waals surface area contributed by atoms with Crippen LogP contribution in [0.15, 0.2) is 37.2 Å². The molecule has 2 aromatic rings. The van der Waals surface area contributed by atoms with E-state index in [1.54, 1.807) is 11.0 Å². The number of rotatable bonds is 4. The van der Waals surface area contributed by atoms with Gasteiger partial charge in [0.05, 0.1) is 0 Å². The molecule has 0 bridgehead atoms. The molecular formula is C17H23N5O. The minimum Gasteiger partial charge on any atom is -0.341 e. The molecule has 2 aromatic heterocycles. The van der Waals surface area contributed by atoms with Gasteiger partial charge < -0.3 is 4.90 Å². The highest BCUT2D eigenvalue weighted by Crippen LogP contribution is 2.25. The van der Waals surface area contributed by atoms with Crippen molar-refractivity contribution in [2.24, 2.45) is 5.92 Å². The zero-order chi connectivity index (χ0) is 16.3. The maximum absolute atomic E-state index is 12.8. The third-order valence-electron chi connectivity index (χ3n) is 4.69. The Kier molecular flexibility index (Phi) is 4.41. The lowest BCUT2D eigenvalue weighted by molar-refractivity contribution is -0.141. The number of amides is 1. The molecule has 6 nitrogen and oxygen atoms in total. The van der Waals surface area contributed by atoms with Crippen molar-refractivity contribution in [1.29, 1.82) is 0 Å². The monoisotopic (exact) mass is 313 g/mol. The molecule has 3 heterocycles. The molecule has 0 N–H and O–H groups in total. The average molecular weight is 313 g/mol. The van der Waals surface area contributed by atoms with Crippen LogP contribution in [0.2, 0.25) is 0 Å². The van der Waals surface area contributed by atoms with Gasteiger partial charge in [-0.2, -0.15) is 5.10 Å². The predicted octanol–water partition coefficient (Wildman–Crippen LogP) is 1.89. The first-order chi connectivity index (χ1) is 11.1. The Morgan fingerprint density at radius 3 is 2.52 bits per heavy atom. The van der Waals surface area contributed by atoms with E-state index in [1.165, 1.54) is 11.9 Å². The summed E-state index contributed by atoms with van der Waals surface area (Å²) in [6, 6.07) is 4.15. The van der Waals surface area contributed by atoms with Gasteiger partial charge in [0.15, 0.2) is 0 Å². The minimum atomic E-state index is -0.686. The number of hydrogen-bond donors (Lipinski definition) is 0. The number of piperidine rings is 1. The van der Waals surface area contributed by atoms with E-state index in [-0.39, 0.29) is 5.91 Å². The van der Waals surface area contributed by atoms with Gasteiger partial charge in [-0.05, 0) is 56.7 Å². The molecule has 3 rings (SSSR count). The van der Waals surface area contributed by atoms with Crippen LogP contribution < -0.4 is 0 Å². The van der Waals surface area contributed by atoms with E-state index in [9.17, 15) is 4.79 Å². The van der Waals surface area contributed by atoms with Crippen LogP contribution in [-0.2, 0) is 16.8 Å². The summed E-state index contributed by atoms with van der Waals surface area (Å²) < 4.78 is 1.64. The summed E-state index contributed by atoms with van der Waals surface area (Å²) in [5.41, 5.74) is 0.641. The van der Waals surface area contributed by atoms with Gasteiger partial charge in [0.1, 0.15) is 18.2 Å². The molecule has 0 radical (unpaired) electrons. The Labute approximate surface area is 136 Å². The first-order valence-electron chi connectivity index (χ1n) is 8.11. The van der Waals surface area contributed by atoms with Gasteiger partial charge in [-0.1, -0.05) is 0 Å². The topological polar surface area (TPSA) is 63.9 Å². The fraction of sp³-hybridized carbons (Fsp3) is 0.529. The van der Waals surface area contributed by atoms with Crippen molar-refractivity contribution in [3.63, 3.8) is 0 Å². The van der Waals surface area contributed by atoms with E-state index in [0.717, 1.165) is 32.4 Å². The molecular weight excluding hydrogens is 290 g/mol. The van der Waals surface area contributed by atoms with Gasteiger partial charge >= 0.3 is 0 Å². The molecule has 1 aliphatic rings. The van der Waals surface area contributed by atoms with E-state index in [0.29, 0.717) is 5.92 Å². The highest BCUT2D eigenvalue weighted by molar-refractivity contribution is 5.83. The zero-order valence-corrected chi connectivity index (χ0v) is 13.7. The summed E-state index contributed by atoms with van der Waals surface area (Å²) in [4.78, 5) is 22.8. The maximum Gasteiger partial charge on any atom is 0.250 e. The van der Waals surface area contributed by atoms with E-state index in [4.69, 9.17) is 0 Å². The van der Waals surface area contributed by atoms with Gasteiger partial charge in [0, 0.05) is 25.5 Å². The second kappa shape index (κ2) is 6.48. The summed E-state index contributed by atoms with van der Waals surface area (Å²) in [5, 5.41) is 4.13. The highest BCUT2D eigenvalue weighted by atomic mass is 16.2. The fourth-order valence-corrected chi connectivity index (χ4v) is 3.17. The molecule has 1 aliphatic heterocycles. The lowest BCUT2D eigenvalue weighted by Gasteiger charge is -2.37. The molecule has 1 fully saturated rings. The van der Waals surface area contributed by atoms with Crippen LogP contribution in [0, 0.1) is 5.92 Å². The van der Waals surface area contributed by atoms with Crippen molar-refractivity contribution >= 4 is 5.91 Å². The SMILES string of the molecule is CC(C)(C(=O)N1CCC(Cc2ccncc2)CC1)n1cncn1. The first kappa shape index (κ1) is 15.6. The molecule has 122 valence electrons. The van der Waals surface area contributed by atoms with Gasteiger partial charge in [0.25, 0.3) is 0 Å². The van der Waals surface area contributed by atoms with Crippen LogP contribution >= 0.6 is 0 Å². The Balaban J connectivity index is 1.57. The maximum atomic E-state index is 12.8. The van der Waals surface area contributed by atoms with Crippen molar-refractivity contribution in [3.05, 3.63) is 42.7 Å². The number of carbonyl (C=O) groups excluding carboxylic acids is 1. The largest absolute Gasteiger partial charge is 0.341 e. The predicted molar refractivity (Wildman–Crippen MR) is 86.6 cm³/mol. The van der Waals surface area contributed by atoms with E-state index >= 15 is 0 Å². The average Bonchev–Trinajstić information content (AvgIpc) is 3.11. The Morgan fingerprint density at radius 1 is 1.22 bits per heavy atom. The van der Waals surface area contributed by atoms with E-state index in [2.05, 4.69) is 27.2 Å². The van der Waals surface area contributed by atoms with Crippen LogP contribution in [0.3, 0.4) is 0 Å². The van der Waals surface area contributed by atoms with Crippen LogP contribution in [0.1, 0.15) is 32.3 Å². The molecule has 0 aromatic carbocycles. The van der Waals surface area contributed by atoms with E-state index < -0.39 is 5.54 Å². The molecule has 0 atom stereocenters. The normalized spacial score (nSPS) is 16.5. The first-order valence-corrected chi connectivity index (χ1v) is 8.11. The molecule has 0 unspecified atom stereocenters. The third-order valence-corrected chi connectivity index (χ3v) is 4.69. The van der Waals surface area contributed by atoms with Gasteiger partial charge in [-0.15, -0.1) is 0 Å². The lowest BCUT2D eigenvalue weighted by Crippen LogP contribution is -2.50. The molecule has 23 heavy (non-hydrogen) atoms. The number of hydrogen-bond acceptors (Lipinski definition) is 4. The molecule has 1 saturated heterocycles. The molecule has 0 spiro atoms. The quantitative estimate of drug-likeness (QED) is 0.864. The van der Waals surface area contributed by atoms with Crippen molar-refractivity contribution < 1.29 is 4.79 Å². The highest BCUT2D eigenvalue weighted by Gasteiger charge is 2.36. The summed E-state index contributed by atoms with van der Waals surface area (Å²) >= 11 is 0. The van der Waals surface area contributed by atoms with Crippen molar-refractivity contribution in [1.82, 2.24) is 24.6 Å². The Hall–Kier alpha value is -2.24. The van der Waals surface area contributed by atoms with Crippen LogP contribution in [0.5, 0.6) is 0 Å². The van der Waals surface area contributed by atoms with Crippen molar-refractivity contribution in [2.75, 3.05) is 13.1 Å². The zero-order valence-electron chi connectivity index (χ0n) is 13.7. The van der Waals surface area contributed by atoms with Crippen LogP contribution in [0.25, 0.3) is 0 Å². The number of nitrogens with zero attached hydrogens (tertiary/aromatic N) is 5. The van der Waals surface area contributed by atoms with Crippen LogP contribution in [-0.4, -0.2) is 43.6 Å². The van der Waals surface area contributed by atoms with E-state index in [1.807, 2.05) is 31.1 Å². The van der Waals surface area contributed by atoms with Gasteiger partial charge in [0.2, 0.25) is 5.91 Å². The summed E-state index contributed by atoms with van der Waals surface area (Å²) in [6.45, 7) is 5.42. The number of likely N-dealkylation sites (tertiary alicyclic amines) is 1. The Morgan fingerprint density at radius 2 is 1.91 bits per heavy atom. The van der Waals surface area contributed by atoms with Gasteiger partial charge in [-0.3, -0.25) is 9.78 Å². The molecule has 1 amide bonds. The molecule has 0 aliphatic carbocycles. The second-order valence-corrected chi connectivity index (χ2v) is 6.69. The number of pyridine rings is 1. The van der Waals surface area contributed by atoms with Crippen molar-refractivity contribution in [3.8, 4) is 0 Å². The molecule has 6 heteroatoms. The smallest absolute Gasteiger partial charge is 0.250 e. The third kappa shape index (κ3) is 3.41. The fourth-order valence-electron chi connectivity index (χ4n) is 3.17. The minimum absolute atomic E-state index is 0.116. The second-order valence-electron chi connectivity index (χ2n) is 6.69. The number of aromatic nitrogens is 4. The summed E-state index contributed by atoms with van der Waals surface area (Å²) in [7, 11) is 0. The van der Waals surface area contributed by atoms with Crippen molar-refractivity contribution in [2.45, 2.75) is 38.6 Å². The number of carbonyl (C=O) groups is 1. The van der Waals surface area contributed by atoms with Crippen LogP contribution in [0.4, 0.5) is 0 Å². The molecule has 0 saturated carbocycles. The standard InChI is InChI=1S/C17H23N5O/c1-17(2,22-13-19-12-20-22)16(23)21-9-5-15(6-10-21)11-14-3-7-18-8-4-14/h3-4,7-8,12-13,15H,5-6,9-11H2,1-2H3.